The van der Waals surface area contributed by atoms with Crippen molar-refractivity contribution in [2.24, 2.45) is 5.41 Å². The first-order valence-corrected chi connectivity index (χ1v) is 8.82. The Hall–Kier alpha value is -2.48. The first-order valence-electron chi connectivity index (χ1n) is 8.82. The molecule has 2 atom stereocenters. The Labute approximate surface area is 151 Å². The highest BCUT2D eigenvalue weighted by atomic mass is 16.5. The van der Waals surface area contributed by atoms with Crippen LogP contribution in [-0.2, 0) is 4.74 Å². The molecule has 0 bridgehead atoms. The Morgan fingerprint density at radius 1 is 1.42 bits per heavy atom. The molecule has 2 aromatic heterocycles. The van der Waals surface area contributed by atoms with Gasteiger partial charge in [0.1, 0.15) is 6.61 Å². The maximum absolute atomic E-state index is 12.7. The summed E-state index contributed by atoms with van der Waals surface area (Å²) in [6, 6.07) is 3.86. The Morgan fingerprint density at radius 2 is 2.31 bits per heavy atom. The summed E-state index contributed by atoms with van der Waals surface area (Å²) >= 11 is 0. The van der Waals surface area contributed by atoms with Crippen molar-refractivity contribution in [3.63, 3.8) is 0 Å². The van der Waals surface area contributed by atoms with Crippen LogP contribution in [-0.4, -0.2) is 58.3 Å². The maximum Gasteiger partial charge on any atom is 0.316 e. The van der Waals surface area contributed by atoms with Crippen molar-refractivity contribution >= 4 is 5.91 Å². The third-order valence-electron chi connectivity index (χ3n) is 5.16. The van der Waals surface area contributed by atoms with E-state index in [1.807, 2.05) is 17.9 Å². The number of nitrogens with zero attached hydrogens (tertiary/aromatic N) is 4. The molecule has 2 fully saturated rings. The summed E-state index contributed by atoms with van der Waals surface area (Å²) in [7, 11) is 0. The Balaban J connectivity index is 1.50. The predicted molar refractivity (Wildman–Crippen MR) is 90.8 cm³/mol. The number of hydrogen-bond donors (Lipinski definition) is 0. The van der Waals surface area contributed by atoms with Gasteiger partial charge in [-0.1, -0.05) is 5.16 Å². The number of aryl methyl sites for hydroxylation is 2. The highest BCUT2D eigenvalue weighted by molar-refractivity contribution is 5.91. The Bertz CT molecular complexity index is 808. The zero-order valence-corrected chi connectivity index (χ0v) is 15.0. The number of hydrogen-bond acceptors (Lipinski definition) is 7. The average molecular weight is 358 g/mol. The number of carbonyl (C=O) groups excluding carboxylic acids is 1. The first kappa shape index (κ1) is 17.0. The largest absolute Gasteiger partial charge is 0.463 e. The van der Waals surface area contributed by atoms with Gasteiger partial charge in [-0.2, -0.15) is 0 Å². The number of fused-ring (bicyclic) bond motifs is 1. The van der Waals surface area contributed by atoms with Crippen LogP contribution in [0.4, 0.5) is 0 Å². The summed E-state index contributed by atoms with van der Waals surface area (Å²) in [6.45, 7) is 5.98. The Morgan fingerprint density at radius 3 is 3.08 bits per heavy atom. The Kier molecular flexibility index (Phi) is 4.36. The van der Waals surface area contributed by atoms with Gasteiger partial charge in [0.2, 0.25) is 5.76 Å². The topological polar surface area (TPSA) is 90.6 Å². The van der Waals surface area contributed by atoms with E-state index in [1.54, 1.807) is 19.2 Å². The molecule has 2 saturated heterocycles. The van der Waals surface area contributed by atoms with Gasteiger partial charge in [0.05, 0.1) is 17.2 Å². The van der Waals surface area contributed by atoms with Crippen molar-refractivity contribution in [1.29, 1.82) is 0 Å². The molecule has 2 aliphatic heterocycles. The molecule has 4 rings (SSSR count). The molecule has 2 aliphatic rings. The van der Waals surface area contributed by atoms with Crippen LogP contribution in [0.5, 0.6) is 6.01 Å². The third kappa shape index (κ3) is 3.16. The van der Waals surface area contributed by atoms with E-state index in [1.165, 1.54) is 0 Å². The first-order chi connectivity index (χ1) is 12.6. The van der Waals surface area contributed by atoms with Crippen LogP contribution >= 0.6 is 0 Å². The molecule has 0 aliphatic carbocycles. The fraction of sp³-hybridized carbons (Fsp3) is 0.556. The summed E-state index contributed by atoms with van der Waals surface area (Å²) in [4.78, 5) is 23.0. The minimum Gasteiger partial charge on any atom is -0.463 e. The molecule has 0 N–H and O–H groups in total. The predicted octanol–water partition coefficient (Wildman–Crippen LogP) is 1.78. The molecule has 138 valence electrons. The summed E-state index contributed by atoms with van der Waals surface area (Å²) < 4.78 is 17.0. The van der Waals surface area contributed by atoms with Gasteiger partial charge in [0.15, 0.2) is 0 Å². The molecule has 0 unspecified atom stereocenters. The lowest BCUT2D eigenvalue weighted by Gasteiger charge is -2.42. The second-order valence-electron chi connectivity index (χ2n) is 7.09. The number of carbonyl (C=O) groups is 1. The van der Waals surface area contributed by atoms with Crippen molar-refractivity contribution in [2.75, 3.05) is 26.3 Å². The van der Waals surface area contributed by atoms with Crippen LogP contribution in [0, 0.1) is 19.3 Å². The van der Waals surface area contributed by atoms with Gasteiger partial charge in [0.25, 0.3) is 5.91 Å². The molecule has 8 heteroatoms. The molecule has 26 heavy (non-hydrogen) atoms. The van der Waals surface area contributed by atoms with E-state index in [-0.39, 0.29) is 23.2 Å². The van der Waals surface area contributed by atoms with E-state index >= 15 is 0 Å². The zero-order valence-electron chi connectivity index (χ0n) is 15.0. The number of piperidine rings is 1. The molecular weight excluding hydrogens is 336 g/mol. The summed E-state index contributed by atoms with van der Waals surface area (Å²) in [6.07, 6.45) is 3.37. The van der Waals surface area contributed by atoms with E-state index in [0.717, 1.165) is 18.5 Å². The second-order valence-corrected chi connectivity index (χ2v) is 7.09. The van der Waals surface area contributed by atoms with Gasteiger partial charge < -0.3 is 18.9 Å². The quantitative estimate of drug-likeness (QED) is 0.823. The van der Waals surface area contributed by atoms with Crippen LogP contribution in [0.2, 0.25) is 0 Å². The van der Waals surface area contributed by atoms with E-state index < -0.39 is 0 Å². The van der Waals surface area contributed by atoms with Crippen molar-refractivity contribution in [2.45, 2.75) is 32.8 Å². The standard InChI is InChI=1S/C18H22N4O4/c1-12-3-6-19-17(20-12)25-11-18-5-8-24-15(18)4-7-22(10-18)16(23)14-9-13(2)21-26-14/h3,6,9,15H,4-5,7-8,10-11H2,1-2H3/t15-,18+/m1/s1. The molecule has 0 spiro atoms. The minimum atomic E-state index is -0.254. The van der Waals surface area contributed by atoms with E-state index in [0.29, 0.717) is 38.0 Å². The number of amides is 1. The van der Waals surface area contributed by atoms with Gasteiger partial charge in [-0.3, -0.25) is 4.79 Å². The van der Waals surface area contributed by atoms with Crippen molar-refractivity contribution < 1.29 is 18.8 Å². The number of aromatic nitrogens is 3. The van der Waals surface area contributed by atoms with Gasteiger partial charge in [-0.25, -0.2) is 9.97 Å². The van der Waals surface area contributed by atoms with Crippen LogP contribution in [0.25, 0.3) is 0 Å². The lowest BCUT2D eigenvalue weighted by atomic mass is 9.77. The monoisotopic (exact) mass is 358 g/mol. The van der Waals surface area contributed by atoms with Gasteiger partial charge in [0, 0.05) is 37.7 Å². The molecule has 1 amide bonds. The van der Waals surface area contributed by atoms with Crippen molar-refractivity contribution in [3.8, 4) is 6.01 Å². The van der Waals surface area contributed by atoms with Crippen LogP contribution in [0.15, 0.2) is 22.9 Å². The molecule has 0 radical (unpaired) electrons. The highest BCUT2D eigenvalue weighted by Gasteiger charge is 2.50. The lowest BCUT2D eigenvalue weighted by molar-refractivity contribution is -0.0347. The van der Waals surface area contributed by atoms with Crippen LogP contribution < -0.4 is 4.74 Å². The fourth-order valence-corrected chi connectivity index (χ4v) is 3.75. The number of ether oxygens (including phenoxy) is 2. The maximum atomic E-state index is 12.7. The van der Waals surface area contributed by atoms with Gasteiger partial charge in [-0.05, 0) is 32.8 Å². The van der Waals surface area contributed by atoms with E-state index in [9.17, 15) is 4.79 Å². The summed E-state index contributed by atoms with van der Waals surface area (Å²) in [5.74, 6) is 0.139. The molecule has 0 aromatic carbocycles. The molecular formula is C18H22N4O4. The summed E-state index contributed by atoms with van der Waals surface area (Å²) in [5, 5.41) is 3.81. The van der Waals surface area contributed by atoms with Crippen molar-refractivity contribution in [3.05, 3.63) is 35.5 Å². The molecule has 0 saturated carbocycles. The third-order valence-corrected chi connectivity index (χ3v) is 5.16. The second kappa shape index (κ2) is 6.68. The summed E-state index contributed by atoms with van der Waals surface area (Å²) in [5.41, 5.74) is 1.30. The van der Waals surface area contributed by atoms with Crippen LogP contribution in [0.1, 0.15) is 34.8 Å². The minimum absolute atomic E-state index is 0.0767. The van der Waals surface area contributed by atoms with Crippen molar-refractivity contribution in [1.82, 2.24) is 20.0 Å². The lowest BCUT2D eigenvalue weighted by Crippen LogP contribution is -2.54. The van der Waals surface area contributed by atoms with E-state index in [4.69, 9.17) is 14.0 Å². The number of rotatable bonds is 4. The normalized spacial score (nSPS) is 25.2. The number of likely N-dealkylation sites (tertiary alicyclic amines) is 1. The smallest absolute Gasteiger partial charge is 0.316 e. The zero-order chi connectivity index (χ0) is 18.1. The molecule has 8 nitrogen and oxygen atoms in total. The molecule has 2 aromatic rings. The van der Waals surface area contributed by atoms with Gasteiger partial charge in [-0.15, -0.1) is 0 Å². The van der Waals surface area contributed by atoms with Gasteiger partial charge >= 0.3 is 6.01 Å². The van der Waals surface area contributed by atoms with Crippen LogP contribution in [0.3, 0.4) is 0 Å². The highest BCUT2D eigenvalue weighted by Crippen LogP contribution is 2.41. The molecule has 4 heterocycles. The fourth-order valence-electron chi connectivity index (χ4n) is 3.75. The average Bonchev–Trinajstić information content (AvgIpc) is 3.25. The SMILES string of the molecule is Cc1cc(C(=O)N2CC[C@H]3OCC[C@@]3(COc3nccc(C)n3)C2)on1. The van der Waals surface area contributed by atoms with E-state index in [2.05, 4.69) is 15.1 Å².